The second kappa shape index (κ2) is 5.48. The second-order valence-corrected chi connectivity index (χ2v) is 5.26. The summed E-state index contributed by atoms with van der Waals surface area (Å²) < 4.78 is 11.3. The third-order valence-corrected chi connectivity index (χ3v) is 4.52. The van der Waals surface area contributed by atoms with Gasteiger partial charge in [0.05, 0.1) is 5.60 Å². The van der Waals surface area contributed by atoms with Gasteiger partial charge < -0.3 is 14.8 Å². The fourth-order valence-electron chi connectivity index (χ4n) is 3.07. The Morgan fingerprint density at radius 3 is 2.50 bits per heavy atom. The molecule has 2 rings (SSSR count). The molecule has 1 saturated carbocycles. The minimum atomic E-state index is 0.0165. The summed E-state index contributed by atoms with van der Waals surface area (Å²) in [5, 5.41) is 3.48. The van der Waals surface area contributed by atoms with E-state index in [4.69, 9.17) is 9.47 Å². The van der Waals surface area contributed by atoms with Gasteiger partial charge in [-0.05, 0) is 19.4 Å². The minimum Gasteiger partial charge on any atom is -0.381 e. The molecule has 0 aromatic rings. The zero-order chi connectivity index (χ0) is 11.4. The first-order valence-electron chi connectivity index (χ1n) is 6.61. The first-order valence-corrected chi connectivity index (χ1v) is 6.61. The Bertz CT molecular complexity index is 210. The zero-order valence-electron chi connectivity index (χ0n) is 10.6. The Balaban J connectivity index is 1.97. The Kier molecular flexibility index (Phi) is 4.22. The van der Waals surface area contributed by atoms with Crippen LogP contribution in [0.1, 0.15) is 38.5 Å². The highest BCUT2D eigenvalue weighted by molar-refractivity contribution is 4.96. The molecule has 1 saturated heterocycles. The molecule has 2 aliphatic rings. The molecule has 0 radical (unpaired) electrons. The van der Waals surface area contributed by atoms with E-state index in [1.54, 1.807) is 0 Å². The lowest BCUT2D eigenvalue weighted by molar-refractivity contribution is -0.114. The van der Waals surface area contributed by atoms with Gasteiger partial charge in [0.25, 0.3) is 0 Å². The summed E-state index contributed by atoms with van der Waals surface area (Å²) >= 11 is 0. The van der Waals surface area contributed by atoms with Crippen molar-refractivity contribution in [2.45, 2.75) is 50.2 Å². The van der Waals surface area contributed by atoms with E-state index in [1.165, 1.54) is 25.7 Å². The molecular weight excluding hydrogens is 202 g/mol. The van der Waals surface area contributed by atoms with E-state index >= 15 is 0 Å². The van der Waals surface area contributed by atoms with Crippen molar-refractivity contribution in [1.82, 2.24) is 5.32 Å². The van der Waals surface area contributed by atoms with E-state index in [9.17, 15) is 0 Å². The van der Waals surface area contributed by atoms with Gasteiger partial charge in [0, 0.05) is 39.2 Å². The van der Waals surface area contributed by atoms with E-state index in [1.807, 2.05) is 7.11 Å². The number of rotatable bonds is 5. The van der Waals surface area contributed by atoms with Crippen molar-refractivity contribution in [1.29, 1.82) is 0 Å². The maximum Gasteiger partial charge on any atom is 0.0874 e. The lowest BCUT2D eigenvalue weighted by Gasteiger charge is -2.44. The number of likely N-dealkylation sites (N-methyl/N-ethyl adjacent to an activating group) is 1. The lowest BCUT2D eigenvalue weighted by atomic mass is 9.75. The molecule has 1 unspecified atom stereocenters. The monoisotopic (exact) mass is 227 g/mol. The predicted octanol–water partition coefficient (Wildman–Crippen LogP) is 1.96. The van der Waals surface area contributed by atoms with Crippen molar-refractivity contribution in [2.24, 2.45) is 5.92 Å². The van der Waals surface area contributed by atoms with Crippen molar-refractivity contribution in [3.8, 4) is 0 Å². The molecule has 0 aromatic carbocycles. The highest BCUT2D eigenvalue weighted by atomic mass is 16.5. The van der Waals surface area contributed by atoms with Crippen LogP contribution in [0.15, 0.2) is 0 Å². The van der Waals surface area contributed by atoms with E-state index in [-0.39, 0.29) is 5.60 Å². The number of methoxy groups -OCH3 is 1. The van der Waals surface area contributed by atoms with Crippen LogP contribution in [0, 0.1) is 5.92 Å². The summed E-state index contributed by atoms with van der Waals surface area (Å²) in [6.07, 6.45) is 7.57. The Morgan fingerprint density at radius 1 is 1.38 bits per heavy atom. The topological polar surface area (TPSA) is 30.5 Å². The summed E-state index contributed by atoms with van der Waals surface area (Å²) in [4.78, 5) is 0. The minimum absolute atomic E-state index is 0.0165. The fraction of sp³-hybridized carbons (Fsp3) is 1.00. The molecule has 2 fully saturated rings. The molecule has 3 nitrogen and oxygen atoms in total. The third kappa shape index (κ3) is 2.41. The van der Waals surface area contributed by atoms with Gasteiger partial charge >= 0.3 is 0 Å². The van der Waals surface area contributed by atoms with Gasteiger partial charge in [-0.15, -0.1) is 0 Å². The van der Waals surface area contributed by atoms with Gasteiger partial charge in [0.2, 0.25) is 0 Å². The van der Waals surface area contributed by atoms with Crippen LogP contribution < -0.4 is 5.32 Å². The highest BCUT2D eigenvalue weighted by Crippen LogP contribution is 2.36. The smallest absolute Gasteiger partial charge is 0.0874 e. The van der Waals surface area contributed by atoms with Crippen LogP contribution in [0.5, 0.6) is 0 Å². The average molecular weight is 227 g/mol. The standard InChI is InChI=1S/C13H25NO2/c1-14-12(10-11-4-3-5-11)13(15-2)6-8-16-9-7-13/h11-12,14H,3-10H2,1-2H3. The van der Waals surface area contributed by atoms with Gasteiger partial charge in [-0.1, -0.05) is 19.3 Å². The largest absolute Gasteiger partial charge is 0.381 e. The first kappa shape index (κ1) is 12.3. The van der Waals surface area contributed by atoms with E-state index in [0.717, 1.165) is 32.0 Å². The summed E-state index contributed by atoms with van der Waals surface area (Å²) in [7, 11) is 3.93. The predicted molar refractivity (Wildman–Crippen MR) is 64.6 cm³/mol. The molecule has 16 heavy (non-hydrogen) atoms. The van der Waals surface area contributed by atoms with Crippen LogP contribution in [0.25, 0.3) is 0 Å². The second-order valence-electron chi connectivity index (χ2n) is 5.26. The number of hydrogen-bond donors (Lipinski definition) is 1. The van der Waals surface area contributed by atoms with Crippen molar-refractivity contribution in [2.75, 3.05) is 27.4 Å². The van der Waals surface area contributed by atoms with Crippen molar-refractivity contribution >= 4 is 0 Å². The maximum atomic E-state index is 5.86. The summed E-state index contributed by atoms with van der Waals surface area (Å²) in [6, 6.07) is 0.492. The van der Waals surface area contributed by atoms with Crippen LogP contribution in [-0.4, -0.2) is 39.0 Å². The van der Waals surface area contributed by atoms with Crippen molar-refractivity contribution in [3.05, 3.63) is 0 Å². The van der Waals surface area contributed by atoms with Gasteiger partial charge in [-0.25, -0.2) is 0 Å². The quantitative estimate of drug-likeness (QED) is 0.779. The maximum absolute atomic E-state index is 5.86. The molecule has 0 bridgehead atoms. The molecule has 0 amide bonds. The van der Waals surface area contributed by atoms with E-state index in [2.05, 4.69) is 12.4 Å². The summed E-state index contributed by atoms with van der Waals surface area (Å²) in [5.74, 6) is 0.923. The molecule has 0 spiro atoms. The molecular formula is C13H25NO2. The molecule has 1 N–H and O–H groups in total. The van der Waals surface area contributed by atoms with Crippen LogP contribution in [0.3, 0.4) is 0 Å². The van der Waals surface area contributed by atoms with Crippen LogP contribution in [-0.2, 0) is 9.47 Å². The molecule has 3 heteroatoms. The van der Waals surface area contributed by atoms with Gasteiger partial charge in [0.1, 0.15) is 0 Å². The molecule has 1 aliphatic heterocycles. The molecule has 1 aliphatic carbocycles. The number of ether oxygens (including phenoxy) is 2. The third-order valence-electron chi connectivity index (χ3n) is 4.52. The molecule has 94 valence electrons. The van der Waals surface area contributed by atoms with E-state index < -0.39 is 0 Å². The SMILES string of the molecule is CNC(CC1CCC1)C1(OC)CCOCC1. The van der Waals surface area contributed by atoms with Crippen molar-refractivity contribution in [3.63, 3.8) is 0 Å². The van der Waals surface area contributed by atoms with Crippen LogP contribution >= 0.6 is 0 Å². The zero-order valence-corrected chi connectivity index (χ0v) is 10.6. The van der Waals surface area contributed by atoms with E-state index in [0.29, 0.717) is 6.04 Å². The average Bonchev–Trinajstić information content (AvgIpc) is 2.29. The normalized spacial score (nSPS) is 27.4. The van der Waals surface area contributed by atoms with Gasteiger partial charge in [-0.2, -0.15) is 0 Å². The number of hydrogen-bond acceptors (Lipinski definition) is 3. The highest BCUT2D eigenvalue weighted by Gasteiger charge is 2.41. The Hall–Kier alpha value is -0.120. The first-order chi connectivity index (χ1) is 7.80. The van der Waals surface area contributed by atoms with Gasteiger partial charge in [-0.3, -0.25) is 0 Å². The van der Waals surface area contributed by atoms with Crippen molar-refractivity contribution < 1.29 is 9.47 Å². The molecule has 1 heterocycles. The lowest BCUT2D eigenvalue weighted by Crippen LogP contribution is -2.55. The Labute approximate surface area is 98.9 Å². The van der Waals surface area contributed by atoms with Crippen LogP contribution in [0.4, 0.5) is 0 Å². The number of nitrogens with one attached hydrogen (secondary N) is 1. The summed E-state index contributed by atoms with van der Waals surface area (Å²) in [5.41, 5.74) is 0.0165. The fourth-order valence-corrected chi connectivity index (χ4v) is 3.07. The van der Waals surface area contributed by atoms with Gasteiger partial charge in [0.15, 0.2) is 0 Å². The van der Waals surface area contributed by atoms with Crippen LogP contribution in [0.2, 0.25) is 0 Å². The molecule has 0 aromatic heterocycles. The molecule has 1 atom stereocenters. The Morgan fingerprint density at radius 2 is 2.06 bits per heavy atom. The summed E-state index contributed by atoms with van der Waals surface area (Å²) in [6.45, 7) is 1.69.